The minimum atomic E-state index is 0.606. The molecule has 1 aromatic heterocycles. The van der Waals surface area contributed by atoms with Crippen LogP contribution in [0, 0.1) is 6.92 Å². The van der Waals surface area contributed by atoms with Gasteiger partial charge < -0.3 is 11.1 Å². The average Bonchev–Trinajstić information content (AvgIpc) is 2.70. The van der Waals surface area contributed by atoms with Gasteiger partial charge in [-0.1, -0.05) is 17.7 Å². The summed E-state index contributed by atoms with van der Waals surface area (Å²) < 4.78 is 0. The summed E-state index contributed by atoms with van der Waals surface area (Å²) in [7, 11) is 0. The highest BCUT2D eigenvalue weighted by Gasteiger charge is 2.00. The van der Waals surface area contributed by atoms with Crippen LogP contribution in [0.4, 0.5) is 5.69 Å². The summed E-state index contributed by atoms with van der Waals surface area (Å²) in [6, 6.07) is 5.69. The standard InChI is InChI=1S/C12H14ClN3S/c1-8-5-16-12(17-8)7-15-6-9-2-3-11(14)10(13)4-9/h2-5,15H,6-7,14H2,1H3. The van der Waals surface area contributed by atoms with Gasteiger partial charge in [0.15, 0.2) is 0 Å². The molecule has 90 valence electrons. The van der Waals surface area contributed by atoms with Crippen LogP contribution in [0.2, 0.25) is 5.02 Å². The van der Waals surface area contributed by atoms with E-state index in [9.17, 15) is 0 Å². The molecule has 0 atom stereocenters. The molecule has 0 bridgehead atoms. The van der Waals surface area contributed by atoms with Crippen molar-refractivity contribution in [2.24, 2.45) is 0 Å². The molecule has 3 nitrogen and oxygen atoms in total. The van der Waals surface area contributed by atoms with Crippen molar-refractivity contribution in [3.05, 3.63) is 44.9 Å². The summed E-state index contributed by atoms with van der Waals surface area (Å²) in [6.07, 6.45) is 1.89. The smallest absolute Gasteiger partial charge is 0.107 e. The van der Waals surface area contributed by atoms with Crippen molar-refractivity contribution in [2.75, 3.05) is 5.73 Å². The molecule has 3 N–H and O–H groups in total. The molecular formula is C12H14ClN3S. The van der Waals surface area contributed by atoms with Crippen molar-refractivity contribution in [1.82, 2.24) is 10.3 Å². The Hall–Kier alpha value is -1.10. The van der Waals surface area contributed by atoms with Crippen LogP contribution < -0.4 is 11.1 Å². The Balaban J connectivity index is 1.87. The molecule has 1 aromatic carbocycles. The van der Waals surface area contributed by atoms with Gasteiger partial charge >= 0.3 is 0 Å². The average molecular weight is 268 g/mol. The van der Waals surface area contributed by atoms with Crippen molar-refractivity contribution in [2.45, 2.75) is 20.0 Å². The Bertz CT molecular complexity index is 510. The van der Waals surface area contributed by atoms with E-state index in [1.807, 2.05) is 24.4 Å². The normalized spacial score (nSPS) is 10.7. The molecule has 0 amide bonds. The van der Waals surface area contributed by atoms with Gasteiger partial charge in [0.05, 0.1) is 10.7 Å². The maximum Gasteiger partial charge on any atom is 0.107 e. The minimum absolute atomic E-state index is 0.606. The van der Waals surface area contributed by atoms with Crippen LogP contribution in [-0.4, -0.2) is 4.98 Å². The molecule has 0 saturated carbocycles. The van der Waals surface area contributed by atoms with Gasteiger partial charge in [0.2, 0.25) is 0 Å². The number of benzene rings is 1. The van der Waals surface area contributed by atoms with Crippen LogP contribution in [0.25, 0.3) is 0 Å². The van der Waals surface area contributed by atoms with E-state index < -0.39 is 0 Å². The zero-order valence-corrected chi connectivity index (χ0v) is 11.1. The molecule has 0 aliphatic heterocycles. The van der Waals surface area contributed by atoms with Crippen LogP contribution in [0.5, 0.6) is 0 Å². The van der Waals surface area contributed by atoms with Crippen LogP contribution in [0.1, 0.15) is 15.4 Å². The molecule has 1 heterocycles. The number of aryl methyl sites for hydroxylation is 1. The van der Waals surface area contributed by atoms with E-state index in [0.717, 1.165) is 23.7 Å². The molecule has 2 rings (SSSR count). The molecule has 0 radical (unpaired) electrons. The van der Waals surface area contributed by atoms with Crippen molar-refractivity contribution >= 4 is 28.6 Å². The lowest BCUT2D eigenvalue weighted by Gasteiger charge is -2.05. The first-order chi connectivity index (χ1) is 8.15. The second-order valence-electron chi connectivity index (χ2n) is 3.82. The van der Waals surface area contributed by atoms with Gasteiger partial charge in [-0.25, -0.2) is 4.98 Å². The maximum absolute atomic E-state index is 5.95. The van der Waals surface area contributed by atoms with Crippen molar-refractivity contribution < 1.29 is 0 Å². The Labute approximate surface area is 110 Å². The number of nitrogens with two attached hydrogens (primary N) is 1. The molecule has 0 spiro atoms. The van der Waals surface area contributed by atoms with Crippen molar-refractivity contribution in [1.29, 1.82) is 0 Å². The number of nitrogen functional groups attached to an aromatic ring is 1. The monoisotopic (exact) mass is 267 g/mol. The number of aromatic nitrogens is 1. The Kier molecular flexibility index (Phi) is 3.99. The lowest BCUT2D eigenvalue weighted by atomic mass is 10.2. The summed E-state index contributed by atoms with van der Waals surface area (Å²) in [5, 5.41) is 5.03. The quantitative estimate of drug-likeness (QED) is 0.838. The van der Waals surface area contributed by atoms with Gasteiger partial charge in [-0.2, -0.15) is 0 Å². The molecule has 0 aliphatic rings. The summed E-state index contributed by atoms with van der Waals surface area (Å²) in [6.45, 7) is 3.60. The lowest BCUT2D eigenvalue weighted by molar-refractivity contribution is 0.690. The van der Waals surface area contributed by atoms with Gasteiger partial charge in [0, 0.05) is 24.2 Å². The van der Waals surface area contributed by atoms with Gasteiger partial charge in [0.25, 0.3) is 0 Å². The van der Waals surface area contributed by atoms with Gasteiger partial charge in [0.1, 0.15) is 5.01 Å². The number of nitrogens with zero attached hydrogens (tertiary/aromatic N) is 1. The predicted molar refractivity (Wildman–Crippen MR) is 73.3 cm³/mol. The fourth-order valence-electron chi connectivity index (χ4n) is 1.48. The number of hydrogen-bond acceptors (Lipinski definition) is 4. The first kappa shape index (κ1) is 12.4. The second-order valence-corrected chi connectivity index (χ2v) is 5.55. The highest BCUT2D eigenvalue weighted by Crippen LogP contribution is 2.19. The SMILES string of the molecule is Cc1cnc(CNCc2ccc(N)c(Cl)c2)s1. The van der Waals surface area contributed by atoms with Crippen LogP contribution in [0.15, 0.2) is 24.4 Å². The molecule has 0 aliphatic carbocycles. The third-order valence-corrected chi connectivity index (χ3v) is 3.58. The maximum atomic E-state index is 5.95. The van der Waals surface area contributed by atoms with E-state index in [1.165, 1.54) is 4.88 Å². The van der Waals surface area contributed by atoms with E-state index in [1.54, 1.807) is 11.3 Å². The van der Waals surface area contributed by atoms with Crippen molar-refractivity contribution in [3.63, 3.8) is 0 Å². The van der Waals surface area contributed by atoms with E-state index >= 15 is 0 Å². The highest BCUT2D eigenvalue weighted by atomic mass is 35.5. The number of anilines is 1. The van der Waals surface area contributed by atoms with Gasteiger partial charge in [-0.05, 0) is 24.6 Å². The highest BCUT2D eigenvalue weighted by molar-refractivity contribution is 7.11. The number of nitrogens with one attached hydrogen (secondary N) is 1. The summed E-state index contributed by atoms with van der Waals surface area (Å²) >= 11 is 7.66. The molecule has 0 saturated heterocycles. The minimum Gasteiger partial charge on any atom is -0.398 e. The molecule has 2 aromatic rings. The summed E-state index contributed by atoms with van der Waals surface area (Å²) in [4.78, 5) is 5.52. The number of thiazole rings is 1. The van der Waals surface area contributed by atoms with Crippen LogP contribution >= 0.6 is 22.9 Å². The number of rotatable bonds is 4. The first-order valence-corrected chi connectivity index (χ1v) is 6.50. The second kappa shape index (κ2) is 5.49. The third kappa shape index (κ3) is 3.43. The fourth-order valence-corrected chi connectivity index (χ4v) is 2.44. The number of hydrogen-bond donors (Lipinski definition) is 2. The molecule has 0 unspecified atom stereocenters. The number of halogens is 1. The summed E-state index contributed by atoms with van der Waals surface area (Å²) in [5.41, 5.74) is 7.39. The Morgan fingerprint density at radius 1 is 1.41 bits per heavy atom. The lowest BCUT2D eigenvalue weighted by Crippen LogP contribution is -2.12. The zero-order valence-electron chi connectivity index (χ0n) is 9.53. The first-order valence-electron chi connectivity index (χ1n) is 5.31. The van der Waals surface area contributed by atoms with E-state index in [4.69, 9.17) is 17.3 Å². The van der Waals surface area contributed by atoms with Crippen LogP contribution in [-0.2, 0) is 13.1 Å². The zero-order chi connectivity index (χ0) is 12.3. The fraction of sp³-hybridized carbons (Fsp3) is 0.250. The van der Waals surface area contributed by atoms with Crippen molar-refractivity contribution in [3.8, 4) is 0 Å². The van der Waals surface area contributed by atoms with E-state index in [0.29, 0.717) is 10.7 Å². The Morgan fingerprint density at radius 2 is 2.24 bits per heavy atom. The van der Waals surface area contributed by atoms with Gasteiger partial charge in [-0.15, -0.1) is 11.3 Å². The molecule has 17 heavy (non-hydrogen) atoms. The predicted octanol–water partition coefficient (Wildman–Crippen LogP) is 2.98. The summed E-state index contributed by atoms with van der Waals surface area (Å²) in [5.74, 6) is 0. The molecular weight excluding hydrogens is 254 g/mol. The van der Waals surface area contributed by atoms with Crippen LogP contribution in [0.3, 0.4) is 0 Å². The third-order valence-electron chi connectivity index (χ3n) is 2.34. The topological polar surface area (TPSA) is 50.9 Å². The molecule has 0 fully saturated rings. The van der Waals surface area contributed by atoms with Gasteiger partial charge in [-0.3, -0.25) is 0 Å². The largest absolute Gasteiger partial charge is 0.398 e. The van der Waals surface area contributed by atoms with E-state index in [-0.39, 0.29) is 0 Å². The Morgan fingerprint density at radius 3 is 2.88 bits per heavy atom. The van der Waals surface area contributed by atoms with E-state index in [2.05, 4.69) is 17.2 Å². The molecule has 5 heteroatoms.